The lowest BCUT2D eigenvalue weighted by molar-refractivity contribution is 1.30. The monoisotopic (exact) mass is 160 g/mol. The van der Waals surface area contributed by atoms with Crippen molar-refractivity contribution >= 4 is 17.9 Å². The summed E-state index contributed by atoms with van der Waals surface area (Å²) < 4.78 is 0. The molecule has 0 saturated heterocycles. The summed E-state index contributed by atoms with van der Waals surface area (Å²) >= 11 is 0. The number of nitrogens with two attached hydrogens (primary N) is 1. The summed E-state index contributed by atoms with van der Waals surface area (Å²) in [6.07, 6.45) is 3.23. The normalized spacial score (nSPS) is 14.8. The molecule has 0 fully saturated rings. The van der Waals surface area contributed by atoms with Crippen LogP contribution in [0.5, 0.6) is 0 Å². The zero-order chi connectivity index (χ0) is 8.39. The van der Waals surface area contributed by atoms with E-state index in [1.54, 1.807) is 18.6 Å². The zero-order valence-electron chi connectivity index (χ0n) is 6.44. The average Bonchev–Trinajstić information content (AvgIpc) is 2.56. The van der Waals surface area contributed by atoms with Gasteiger partial charge in [-0.2, -0.15) is 0 Å². The maximum Gasteiger partial charge on any atom is 0.123 e. The second kappa shape index (κ2) is 2.73. The molecule has 60 valence electrons. The van der Waals surface area contributed by atoms with Crippen LogP contribution in [0.3, 0.4) is 0 Å². The lowest BCUT2D eigenvalue weighted by atomic mass is 10.1. The molecule has 0 amide bonds. The van der Waals surface area contributed by atoms with Crippen molar-refractivity contribution < 1.29 is 0 Å². The van der Waals surface area contributed by atoms with Gasteiger partial charge < -0.3 is 5.73 Å². The van der Waals surface area contributed by atoms with Crippen molar-refractivity contribution in [3.05, 3.63) is 23.9 Å². The van der Waals surface area contributed by atoms with Gasteiger partial charge in [0.1, 0.15) is 12.2 Å². The topological polar surface area (TPSA) is 63.6 Å². The number of hydrogen-bond donors (Lipinski definition) is 1. The Bertz CT molecular complexity index is 354. The minimum Gasteiger partial charge on any atom is -0.384 e. The molecule has 1 aromatic heterocycles. The highest BCUT2D eigenvalue weighted by Crippen LogP contribution is 2.06. The van der Waals surface area contributed by atoms with Crippen LogP contribution in [0.25, 0.3) is 0 Å². The maximum absolute atomic E-state index is 5.52. The molecule has 2 heterocycles. The number of hydrogen-bond acceptors (Lipinski definition) is 4. The van der Waals surface area contributed by atoms with E-state index >= 15 is 0 Å². The molecule has 0 unspecified atom stereocenters. The van der Waals surface area contributed by atoms with Crippen molar-refractivity contribution in [2.24, 2.45) is 9.98 Å². The molecule has 4 heteroatoms. The number of rotatable bonds is 1. The summed E-state index contributed by atoms with van der Waals surface area (Å²) in [5, 5.41) is 0. The van der Waals surface area contributed by atoms with E-state index in [1.165, 1.54) is 0 Å². The van der Waals surface area contributed by atoms with Crippen LogP contribution in [-0.2, 0) is 0 Å². The molecule has 0 radical (unpaired) electrons. The average molecular weight is 160 g/mol. The lowest BCUT2D eigenvalue weighted by Crippen LogP contribution is -2.03. The van der Waals surface area contributed by atoms with Gasteiger partial charge in [0.15, 0.2) is 0 Å². The van der Waals surface area contributed by atoms with Gasteiger partial charge in [0.05, 0.1) is 12.3 Å². The van der Waals surface area contributed by atoms with E-state index in [0.717, 1.165) is 11.3 Å². The zero-order valence-corrected chi connectivity index (χ0v) is 6.44. The Hall–Kier alpha value is -1.71. The largest absolute Gasteiger partial charge is 0.384 e. The Morgan fingerprint density at radius 3 is 3.00 bits per heavy atom. The van der Waals surface area contributed by atoms with E-state index < -0.39 is 0 Å². The number of nitrogen functional groups attached to an aromatic ring is 1. The van der Waals surface area contributed by atoms with Gasteiger partial charge in [-0.05, 0) is 12.1 Å². The van der Waals surface area contributed by atoms with Crippen LogP contribution in [0.4, 0.5) is 5.82 Å². The molecular formula is C8H8N4. The molecule has 0 saturated carbocycles. The molecule has 12 heavy (non-hydrogen) atoms. The molecule has 4 nitrogen and oxygen atoms in total. The molecule has 1 aliphatic heterocycles. The van der Waals surface area contributed by atoms with Crippen LogP contribution in [0.15, 0.2) is 28.3 Å². The van der Waals surface area contributed by atoms with Crippen molar-refractivity contribution in [3.8, 4) is 0 Å². The molecule has 0 atom stereocenters. The minimum atomic E-state index is 0.516. The molecule has 0 aromatic carbocycles. The fourth-order valence-electron chi connectivity index (χ4n) is 1.07. The molecule has 0 aliphatic carbocycles. The molecule has 1 aromatic rings. The van der Waals surface area contributed by atoms with E-state index in [9.17, 15) is 0 Å². The van der Waals surface area contributed by atoms with E-state index in [-0.39, 0.29) is 0 Å². The third kappa shape index (κ3) is 1.18. The third-order valence-electron chi connectivity index (χ3n) is 1.65. The highest BCUT2D eigenvalue weighted by atomic mass is 14.9. The molecular weight excluding hydrogens is 152 g/mol. The van der Waals surface area contributed by atoms with Crippen LogP contribution < -0.4 is 5.73 Å². The second-order valence-electron chi connectivity index (χ2n) is 2.50. The maximum atomic E-state index is 5.52. The summed E-state index contributed by atoms with van der Waals surface area (Å²) in [7, 11) is 0. The van der Waals surface area contributed by atoms with Gasteiger partial charge in [0.25, 0.3) is 0 Å². The van der Waals surface area contributed by atoms with Gasteiger partial charge in [0, 0.05) is 11.8 Å². The Labute approximate surface area is 69.9 Å². The van der Waals surface area contributed by atoms with Crippen LogP contribution >= 0.6 is 0 Å². The van der Waals surface area contributed by atoms with E-state index in [0.29, 0.717) is 12.4 Å². The standard InChI is InChI=1S/C8H8N4/c9-8-3-6(1-2-11-8)7-4-10-5-12-7/h1-3,5H,4H2,(H2,9,11). The van der Waals surface area contributed by atoms with Crippen LogP contribution in [0, 0.1) is 0 Å². The Morgan fingerprint density at radius 2 is 2.33 bits per heavy atom. The van der Waals surface area contributed by atoms with Gasteiger partial charge in [-0.1, -0.05) is 0 Å². The van der Waals surface area contributed by atoms with E-state index in [1.807, 2.05) is 6.07 Å². The van der Waals surface area contributed by atoms with E-state index in [4.69, 9.17) is 5.73 Å². The number of anilines is 1. The van der Waals surface area contributed by atoms with E-state index in [2.05, 4.69) is 15.0 Å². The highest BCUT2D eigenvalue weighted by Gasteiger charge is 2.05. The van der Waals surface area contributed by atoms with Crippen molar-refractivity contribution in [1.82, 2.24) is 4.98 Å². The predicted molar refractivity (Wildman–Crippen MR) is 48.5 cm³/mol. The first-order valence-corrected chi connectivity index (χ1v) is 3.63. The van der Waals surface area contributed by atoms with Crippen LogP contribution in [0.2, 0.25) is 0 Å². The van der Waals surface area contributed by atoms with Gasteiger partial charge in [-0.3, -0.25) is 4.99 Å². The first-order valence-electron chi connectivity index (χ1n) is 3.63. The van der Waals surface area contributed by atoms with Gasteiger partial charge in [-0.25, -0.2) is 9.98 Å². The molecule has 0 bridgehead atoms. The summed E-state index contributed by atoms with van der Waals surface area (Å²) in [5.74, 6) is 0.516. The lowest BCUT2D eigenvalue weighted by Gasteiger charge is -1.98. The van der Waals surface area contributed by atoms with Crippen molar-refractivity contribution in [1.29, 1.82) is 0 Å². The molecule has 1 aliphatic rings. The number of nitrogens with zero attached hydrogens (tertiary/aromatic N) is 3. The van der Waals surface area contributed by atoms with Gasteiger partial charge in [-0.15, -0.1) is 0 Å². The van der Waals surface area contributed by atoms with Crippen molar-refractivity contribution in [2.75, 3.05) is 12.3 Å². The summed E-state index contributed by atoms with van der Waals surface area (Å²) in [6.45, 7) is 0.642. The first kappa shape index (κ1) is 6.97. The fourth-order valence-corrected chi connectivity index (χ4v) is 1.07. The minimum absolute atomic E-state index is 0.516. The Kier molecular flexibility index (Phi) is 1.59. The Balaban J connectivity index is 2.35. The molecule has 2 N–H and O–H groups in total. The number of aliphatic imine (C=N–C) groups is 2. The van der Waals surface area contributed by atoms with Crippen LogP contribution in [-0.4, -0.2) is 23.6 Å². The fraction of sp³-hybridized carbons (Fsp3) is 0.125. The second-order valence-corrected chi connectivity index (χ2v) is 2.50. The molecule has 0 spiro atoms. The SMILES string of the molecule is Nc1cc(C2=NC=NC2)ccn1. The summed E-state index contributed by atoms with van der Waals surface area (Å²) in [6, 6.07) is 3.68. The van der Waals surface area contributed by atoms with Crippen molar-refractivity contribution in [3.63, 3.8) is 0 Å². The number of aromatic nitrogens is 1. The van der Waals surface area contributed by atoms with Gasteiger partial charge >= 0.3 is 0 Å². The first-order chi connectivity index (χ1) is 5.86. The third-order valence-corrected chi connectivity index (χ3v) is 1.65. The molecule has 2 rings (SSSR count). The summed E-state index contributed by atoms with van der Waals surface area (Å²) in [5.41, 5.74) is 7.47. The van der Waals surface area contributed by atoms with Crippen LogP contribution in [0.1, 0.15) is 5.56 Å². The smallest absolute Gasteiger partial charge is 0.123 e. The predicted octanol–water partition coefficient (Wildman–Crippen LogP) is 0.495. The quantitative estimate of drug-likeness (QED) is 0.650. The highest BCUT2D eigenvalue weighted by molar-refractivity contribution is 6.08. The van der Waals surface area contributed by atoms with Crippen molar-refractivity contribution in [2.45, 2.75) is 0 Å². The summed E-state index contributed by atoms with van der Waals surface area (Å²) in [4.78, 5) is 12.0. The number of pyridine rings is 1. The van der Waals surface area contributed by atoms with Gasteiger partial charge in [0.2, 0.25) is 0 Å². The Morgan fingerprint density at radius 1 is 1.42 bits per heavy atom.